The van der Waals surface area contributed by atoms with Crippen LogP contribution in [0.3, 0.4) is 0 Å². The van der Waals surface area contributed by atoms with Gasteiger partial charge < -0.3 is 10.1 Å². The fourth-order valence-corrected chi connectivity index (χ4v) is 1.89. The number of nitrogens with one attached hydrogen (secondary N) is 1. The molecule has 0 spiro atoms. The lowest BCUT2D eigenvalue weighted by Crippen LogP contribution is -2.36. The predicted octanol–water partition coefficient (Wildman–Crippen LogP) is 1.33. The van der Waals surface area contributed by atoms with E-state index < -0.39 is 0 Å². The molecule has 1 aromatic rings. The second-order valence-corrected chi connectivity index (χ2v) is 4.45. The van der Waals surface area contributed by atoms with Gasteiger partial charge in [0.25, 0.3) is 0 Å². The van der Waals surface area contributed by atoms with Gasteiger partial charge in [-0.2, -0.15) is 0 Å². The SMILES string of the molecule is CC(=O)Nc1cccc(C#CCN2CCOCC2)c1. The Balaban J connectivity index is 1.93. The van der Waals surface area contributed by atoms with E-state index in [0.29, 0.717) is 0 Å². The first-order chi connectivity index (χ1) is 9.24. The fraction of sp³-hybridized carbons (Fsp3) is 0.400. The number of benzene rings is 1. The monoisotopic (exact) mass is 258 g/mol. The third-order valence-corrected chi connectivity index (χ3v) is 2.82. The minimum atomic E-state index is -0.0709. The number of anilines is 1. The van der Waals surface area contributed by atoms with Crippen molar-refractivity contribution >= 4 is 11.6 Å². The van der Waals surface area contributed by atoms with Gasteiger partial charge in [0.05, 0.1) is 19.8 Å². The van der Waals surface area contributed by atoms with Crippen molar-refractivity contribution < 1.29 is 9.53 Å². The molecule has 1 heterocycles. The number of hydrogen-bond donors (Lipinski definition) is 1. The molecule has 1 amide bonds. The zero-order chi connectivity index (χ0) is 13.5. The normalized spacial score (nSPS) is 15.4. The van der Waals surface area contributed by atoms with Crippen LogP contribution in [0.5, 0.6) is 0 Å². The van der Waals surface area contributed by atoms with E-state index in [4.69, 9.17) is 4.74 Å². The Morgan fingerprint density at radius 2 is 2.21 bits per heavy atom. The van der Waals surface area contributed by atoms with Crippen LogP contribution < -0.4 is 5.32 Å². The minimum absolute atomic E-state index is 0.0709. The highest BCUT2D eigenvalue weighted by Gasteiger charge is 2.07. The van der Waals surface area contributed by atoms with Crippen LogP contribution in [0, 0.1) is 11.8 Å². The van der Waals surface area contributed by atoms with Gasteiger partial charge in [-0.1, -0.05) is 17.9 Å². The number of carbonyl (C=O) groups is 1. The maximum Gasteiger partial charge on any atom is 0.221 e. The summed E-state index contributed by atoms with van der Waals surface area (Å²) < 4.78 is 5.29. The van der Waals surface area contributed by atoms with Crippen molar-refractivity contribution in [2.75, 3.05) is 38.2 Å². The smallest absolute Gasteiger partial charge is 0.221 e. The minimum Gasteiger partial charge on any atom is -0.379 e. The molecule has 0 saturated carbocycles. The van der Waals surface area contributed by atoms with Crippen LogP contribution in [-0.2, 0) is 9.53 Å². The summed E-state index contributed by atoms with van der Waals surface area (Å²) in [4.78, 5) is 13.3. The highest BCUT2D eigenvalue weighted by atomic mass is 16.5. The Hall–Kier alpha value is -1.83. The molecule has 1 saturated heterocycles. The summed E-state index contributed by atoms with van der Waals surface area (Å²) in [6, 6.07) is 7.57. The first-order valence-electron chi connectivity index (χ1n) is 6.41. The maximum absolute atomic E-state index is 11.0. The summed E-state index contributed by atoms with van der Waals surface area (Å²) in [5.74, 6) is 6.21. The molecule has 4 nitrogen and oxygen atoms in total. The largest absolute Gasteiger partial charge is 0.379 e. The molecule has 1 fully saturated rings. The van der Waals surface area contributed by atoms with E-state index >= 15 is 0 Å². The van der Waals surface area contributed by atoms with Crippen molar-refractivity contribution in [2.45, 2.75) is 6.92 Å². The van der Waals surface area contributed by atoms with Gasteiger partial charge in [0.1, 0.15) is 0 Å². The van der Waals surface area contributed by atoms with Crippen molar-refractivity contribution in [1.82, 2.24) is 4.90 Å². The zero-order valence-corrected chi connectivity index (χ0v) is 11.1. The summed E-state index contributed by atoms with van der Waals surface area (Å²) in [6.45, 7) is 5.73. The lowest BCUT2D eigenvalue weighted by molar-refractivity contribution is -0.114. The number of nitrogens with zero attached hydrogens (tertiary/aromatic N) is 1. The molecule has 1 N–H and O–H groups in total. The quantitative estimate of drug-likeness (QED) is 0.814. The van der Waals surface area contributed by atoms with E-state index in [-0.39, 0.29) is 5.91 Å². The lowest BCUT2D eigenvalue weighted by Gasteiger charge is -2.24. The Morgan fingerprint density at radius 1 is 1.42 bits per heavy atom. The van der Waals surface area contributed by atoms with E-state index in [1.165, 1.54) is 6.92 Å². The molecule has 0 bridgehead atoms. The Morgan fingerprint density at radius 3 is 2.95 bits per heavy atom. The van der Waals surface area contributed by atoms with Gasteiger partial charge in [0.15, 0.2) is 0 Å². The Kier molecular flexibility index (Phi) is 4.96. The van der Waals surface area contributed by atoms with Crippen molar-refractivity contribution in [3.05, 3.63) is 29.8 Å². The molecule has 1 aliphatic heterocycles. The number of morpholine rings is 1. The molecule has 0 aliphatic carbocycles. The van der Waals surface area contributed by atoms with Gasteiger partial charge in [-0.3, -0.25) is 9.69 Å². The standard InChI is InChI=1S/C15H18N2O2/c1-13(18)16-15-6-2-4-14(12-15)5-3-7-17-8-10-19-11-9-17/h2,4,6,12H,7-11H2,1H3,(H,16,18). The van der Waals surface area contributed by atoms with Crippen LogP contribution in [0.1, 0.15) is 12.5 Å². The lowest BCUT2D eigenvalue weighted by atomic mass is 10.2. The summed E-state index contributed by atoms with van der Waals surface area (Å²) in [6.07, 6.45) is 0. The molecule has 0 unspecified atom stereocenters. The molecule has 1 aromatic carbocycles. The van der Waals surface area contributed by atoms with Crippen molar-refractivity contribution in [3.63, 3.8) is 0 Å². The Bertz CT molecular complexity index is 496. The Labute approximate surface area is 113 Å². The molecular formula is C15H18N2O2. The van der Waals surface area contributed by atoms with Gasteiger partial charge >= 0.3 is 0 Å². The first kappa shape index (κ1) is 13.6. The summed E-state index contributed by atoms with van der Waals surface area (Å²) in [5.41, 5.74) is 1.70. The van der Waals surface area contributed by atoms with E-state index in [0.717, 1.165) is 44.1 Å². The average molecular weight is 258 g/mol. The molecule has 100 valence electrons. The molecule has 19 heavy (non-hydrogen) atoms. The molecule has 1 aliphatic rings. The molecule has 0 radical (unpaired) electrons. The molecule has 4 heteroatoms. The van der Waals surface area contributed by atoms with E-state index in [9.17, 15) is 4.79 Å². The number of hydrogen-bond acceptors (Lipinski definition) is 3. The zero-order valence-electron chi connectivity index (χ0n) is 11.1. The molecule has 0 aromatic heterocycles. The van der Waals surface area contributed by atoms with Crippen LogP contribution in [0.15, 0.2) is 24.3 Å². The first-order valence-corrected chi connectivity index (χ1v) is 6.41. The topological polar surface area (TPSA) is 41.6 Å². The number of ether oxygens (including phenoxy) is 1. The van der Waals surface area contributed by atoms with E-state index in [1.807, 2.05) is 24.3 Å². The van der Waals surface area contributed by atoms with Gasteiger partial charge in [-0.25, -0.2) is 0 Å². The maximum atomic E-state index is 11.0. The van der Waals surface area contributed by atoms with Crippen LogP contribution in [0.2, 0.25) is 0 Å². The second-order valence-electron chi connectivity index (χ2n) is 4.45. The van der Waals surface area contributed by atoms with Gasteiger partial charge in [0, 0.05) is 31.3 Å². The van der Waals surface area contributed by atoms with Crippen LogP contribution in [0.25, 0.3) is 0 Å². The average Bonchev–Trinajstić information content (AvgIpc) is 2.40. The van der Waals surface area contributed by atoms with E-state index in [2.05, 4.69) is 22.1 Å². The highest BCUT2D eigenvalue weighted by Crippen LogP contribution is 2.09. The van der Waals surface area contributed by atoms with Crippen LogP contribution in [-0.4, -0.2) is 43.7 Å². The summed E-state index contributed by atoms with van der Waals surface area (Å²) in [5, 5.41) is 2.75. The predicted molar refractivity (Wildman–Crippen MR) is 74.9 cm³/mol. The summed E-state index contributed by atoms with van der Waals surface area (Å²) in [7, 11) is 0. The van der Waals surface area contributed by atoms with Gasteiger partial charge in [-0.05, 0) is 18.2 Å². The summed E-state index contributed by atoms with van der Waals surface area (Å²) >= 11 is 0. The third kappa shape index (κ3) is 4.74. The van der Waals surface area contributed by atoms with Gasteiger partial charge in [0.2, 0.25) is 5.91 Å². The molecular weight excluding hydrogens is 240 g/mol. The molecule has 2 rings (SSSR count). The van der Waals surface area contributed by atoms with E-state index in [1.54, 1.807) is 0 Å². The third-order valence-electron chi connectivity index (χ3n) is 2.82. The van der Waals surface area contributed by atoms with Crippen molar-refractivity contribution in [3.8, 4) is 11.8 Å². The van der Waals surface area contributed by atoms with Crippen molar-refractivity contribution in [1.29, 1.82) is 0 Å². The van der Waals surface area contributed by atoms with Crippen LogP contribution >= 0.6 is 0 Å². The fourth-order valence-electron chi connectivity index (χ4n) is 1.89. The number of amides is 1. The van der Waals surface area contributed by atoms with Crippen LogP contribution in [0.4, 0.5) is 5.69 Å². The van der Waals surface area contributed by atoms with Gasteiger partial charge in [-0.15, -0.1) is 0 Å². The van der Waals surface area contributed by atoms with Crippen molar-refractivity contribution in [2.24, 2.45) is 0 Å². The number of carbonyl (C=O) groups excluding carboxylic acids is 1. The highest BCUT2D eigenvalue weighted by molar-refractivity contribution is 5.88. The molecule has 0 atom stereocenters. The number of rotatable bonds is 2. The second kappa shape index (κ2) is 6.93.